The molecular weight excluding hydrogens is 224 g/mol. The molecule has 0 amide bonds. The molecule has 0 aliphatic heterocycles. The van der Waals surface area contributed by atoms with Crippen LogP contribution in [0, 0.1) is 18.8 Å². The highest BCUT2D eigenvalue weighted by molar-refractivity contribution is 5.79. The topological polar surface area (TPSA) is 26.3 Å². The lowest BCUT2D eigenvalue weighted by Crippen LogP contribution is -2.11. The number of rotatable bonds is 3. The average molecular weight is 244 g/mol. The Morgan fingerprint density at radius 3 is 2.83 bits per heavy atom. The van der Waals surface area contributed by atoms with Crippen LogP contribution in [0.15, 0.2) is 12.1 Å². The molecule has 2 nitrogen and oxygen atoms in total. The molecule has 0 saturated heterocycles. The van der Waals surface area contributed by atoms with Crippen LogP contribution in [0.4, 0.5) is 0 Å². The van der Waals surface area contributed by atoms with E-state index in [4.69, 9.17) is 4.74 Å². The van der Waals surface area contributed by atoms with Gasteiger partial charge in [0.2, 0.25) is 0 Å². The second-order valence-electron chi connectivity index (χ2n) is 5.50. The zero-order valence-electron chi connectivity index (χ0n) is 11.3. The molecule has 1 saturated carbocycles. The molecule has 2 heteroatoms. The van der Waals surface area contributed by atoms with Crippen molar-refractivity contribution in [3.05, 3.63) is 34.4 Å². The zero-order valence-corrected chi connectivity index (χ0v) is 11.3. The van der Waals surface area contributed by atoms with Crippen molar-refractivity contribution in [1.29, 1.82) is 0 Å². The van der Waals surface area contributed by atoms with Gasteiger partial charge in [-0.25, -0.2) is 0 Å². The normalized spacial score (nSPS) is 27.6. The van der Waals surface area contributed by atoms with E-state index in [-0.39, 0.29) is 11.9 Å². The molecule has 0 aromatic heterocycles. The highest BCUT2D eigenvalue weighted by Gasteiger charge is 2.60. The summed E-state index contributed by atoms with van der Waals surface area (Å²) in [5, 5.41) is 0. The van der Waals surface area contributed by atoms with Gasteiger partial charge in [0.1, 0.15) is 0 Å². The third-order valence-electron chi connectivity index (χ3n) is 4.52. The van der Waals surface area contributed by atoms with Gasteiger partial charge in [0.05, 0.1) is 12.5 Å². The molecule has 2 aliphatic carbocycles. The first kappa shape index (κ1) is 11.8. The van der Waals surface area contributed by atoms with Crippen LogP contribution in [0.3, 0.4) is 0 Å². The van der Waals surface area contributed by atoms with Gasteiger partial charge in [0.25, 0.3) is 0 Å². The molecule has 2 aliphatic rings. The Morgan fingerprint density at radius 2 is 2.17 bits per heavy atom. The molecule has 3 unspecified atom stereocenters. The molecule has 3 rings (SSSR count). The Morgan fingerprint density at radius 1 is 1.39 bits per heavy atom. The van der Waals surface area contributed by atoms with E-state index in [9.17, 15) is 4.79 Å². The monoisotopic (exact) mass is 244 g/mol. The van der Waals surface area contributed by atoms with E-state index in [1.54, 1.807) is 0 Å². The predicted molar refractivity (Wildman–Crippen MR) is 70.6 cm³/mol. The third kappa shape index (κ3) is 1.58. The molecule has 1 aromatic rings. The Balaban J connectivity index is 1.87. The quantitative estimate of drug-likeness (QED) is 0.764. The SMILES string of the molecule is CCOC(=O)C1C2Cc3cc(C)c(CC)cc3C21. The predicted octanol–water partition coefficient (Wildman–Crippen LogP) is 3.01. The Kier molecular flexibility index (Phi) is 2.69. The summed E-state index contributed by atoms with van der Waals surface area (Å²) in [6.45, 7) is 6.75. The highest BCUT2D eigenvalue weighted by atomic mass is 16.5. The number of fused-ring (bicyclic) bond motifs is 3. The molecule has 96 valence electrons. The smallest absolute Gasteiger partial charge is 0.309 e. The van der Waals surface area contributed by atoms with Gasteiger partial charge < -0.3 is 4.74 Å². The van der Waals surface area contributed by atoms with Gasteiger partial charge >= 0.3 is 5.97 Å². The Labute approximate surface area is 108 Å². The number of hydrogen-bond acceptors (Lipinski definition) is 2. The first-order valence-corrected chi connectivity index (χ1v) is 6.96. The van der Waals surface area contributed by atoms with Crippen LogP contribution < -0.4 is 0 Å². The van der Waals surface area contributed by atoms with Crippen molar-refractivity contribution in [2.75, 3.05) is 6.61 Å². The van der Waals surface area contributed by atoms with Gasteiger partial charge in [-0.3, -0.25) is 4.79 Å². The maximum atomic E-state index is 11.8. The van der Waals surface area contributed by atoms with Gasteiger partial charge in [0, 0.05) is 5.92 Å². The van der Waals surface area contributed by atoms with Crippen molar-refractivity contribution in [1.82, 2.24) is 0 Å². The van der Waals surface area contributed by atoms with Gasteiger partial charge in [-0.15, -0.1) is 0 Å². The van der Waals surface area contributed by atoms with Crippen molar-refractivity contribution in [2.45, 2.75) is 39.5 Å². The van der Waals surface area contributed by atoms with Crippen molar-refractivity contribution in [3.8, 4) is 0 Å². The van der Waals surface area contributed by atoms with E-state index in [0.29, 0.717) is 18.4 Å². The molecule has 3 atom stereocenters. The fourth-order valence-electron chi connectivity index (χ4n) is 3.57. The maximum Gasteiger partial charge on any atom is 0.309 e. The summed E-state index contributed by atoms with van der Waals surface area (Å²) < 4.78 is 5.16. The van der Waals surface area contributed by atoms with Crippen LogP contribution >= 0.6 is 0 Å². The largest absolute Gasteiger partial charge is 0.466 e. The van der Waals surface area contributed by atoms with E-state index in [0.717, 1.165) is 12.8 Å². The Bertz CT molecular complexity index is 504. The maximum absolute atomic E-state index is 11.8. The summed E-state index contributed by atoms with van der Waals surface area (Å²) in [5.41, 5.74) is 5.69. The van der Waals surface area contributed by atoms with E-state index >= 15 is 0 Å². The first-order chi connectivity index (χ1) is 8.67. The highest BCUT2D eigenvalue weighted by Crippen LogP contribution is 2.62. The molecule has 0 bridgehead atoms. The van der Waals surface area contributed by atoms with Crippen LogP contribution in [0.1, 0.15) is 42.0 Å². The molecule has 18 heavy (non-hydrogen) atoms. The summed E-state index contributed by atoms with van der Waals surface area (Å²) in [5.74, 6) is 1.12. The minimum absolute atomic E-state index is 0.0109. The minimum Gasteiger partial charge on any atom is -0.466 e. The molecule has 0 heterocycles. The van der Waals surface area contributed by atoms with Crippen molar-refractivity contribution in [3.63, 3.8) is 0 Å². The van der Waals surface area contributed by atoms with Crippen molar-refractivity contribution in [2.24, 2.45) is 11.8 Å². The molecule has 0 radical (unpaired) electrons. The Hall–Kier alpha value is -1.31. The minimum atomic E-state index is 0.0109. The third-order valence-corrected chi connectivity index (χ3v) is 4.52. The summed E-state index contributed by atoms with van der Waals surface area (Å²) in [6.07, 6.45) is 2.13. The van der Waals surface area contributed by atoms with E-state index in [1.165, 1.54) is 22.3 Å². The number of aryl methyl sites for hydroxylation is 2. The molecule has 0 N–H and O–H groups in total. The lowest BCUT2D eigenvalue weighted by molar-refractivity contribution is -0.145. The zero-order chi connectivity index (χ0) is 12.9. The van der Waals surface area contributed by atoms with Crippen LogP contribution in [0.25, 0.3) is 0 Å². The van der Waals surface area contributed by atoms with E-state index < -0.39 is 0 Å². The number of carbonyl (C=O) groups is 1. The van der Waals surface area contributed by atoms with E-state index in [1.807, 2.05) is 6.92 Å². The van der Waals surface area contributed by atoms with Gasteiger partial charge in [0.15, 0.2) is 0 Å². The number of benzene rings is 1. The van der Waals surface area contributed by atoms with Crippen LogP contribution in [0.2, 0.25) is 0 Å². The van der Waals surface area contributed by atoms with Gasteiger partial charge in [-0.05, 0) is 54.9 Å². The average Bonchev–Trinajstić information content (AvgIpc) is 2.94. The standard InChI is InChI=1S/C16H20O2/c1-4-10-7-12-11(6-9(10)3)8-13-14(12)15(13)16(17)18-5-2/h6-7,13-15H,4-5,8H2,1-3H3. The fraction of sp³-hybridized carbons (Fsp3) is 0.562. The number of ether oxygens (including phenoxy) is 1. The van der Waals surface area contributed by atoms with Crippen molar-refractivity contribution >= 4 is 5.97 Å². The van der Waals surface area contributed by atoms with Gasteiger partial charge in [-0.1, -0.05) is 19.1 Å². The second kappa shape index (κ2) is 4.11. The first-order valence-electron chi connectivity index (χ1n) is 6.96. The number of hydrogen-bond donors (Lipinski definition) is 0. The summed E-state index contributed by atoms with van der Waals surface area (Å²) in [6, 6.07) is 4.65. The van der Waals surface area contributed by atoms with Crippen LogP contribution in [-0.2, 0) is 22.4 Å². The molecular formula is C16H20O2. The second-order valence-corrected chi connectivity index (χ2v) is 5.50. The van der Waals surface area contributed by atoms with E-state index in [2.05, 4.69) is 26.0 Å². The molecule has 0 spiro atoms. The lowest BCUT2D eigenvalue weighted by atomic mass is 9.95. The van der Waals surface area contributed by atoms with Crippen molar-refractivity contribution < 1.29 is 9.53 Å². The van der Waals surface area contributed by atoms with Crippen LogP contribution in [-0.4, -0.2) is 12.6 Å². The summed E-state index contributed by atoms with van der Waals surface area (Å²) in [7, 11) is 0. The number of esters is 1. The summed E-state index contributed by atoms with van der Waals surface area (Å²) >= 11 is 0. The van der Waals surface area contributed by atoms with Crippen LogP contribution in [0.5, 0.6) is 0 Å². The number of carbonyl (C=O) groups excluding carboxylic acids is 1. The summed E-state index contributed by atoms with van der Waals surface area (Å²) in [4.78, 5) is 11.8. The fourth-order valence-corrected chi connectivity index (χ4v) is 3.57. The molecule has 1 aromatic carbocycles. The molecule has 1 fully saturated rings. The van der Waals surface area contributed by atoms with Gasteiger partial charge in [-0.2, -0.15) is 0 Å². The lowest BCUT2D eigenvalue weighted by Gasteiger charge is -2.11.